The summed E-state index contributed by atoms with van der Waals surface area (Å²) in [5, 5.41) is 0. The minimum absolute atomic E-state index is 0.200. The first-order valence-electron chi connectivity index (χ1n) is 10.4. The van der Waals surface area contributed by atoms with E-state index in [1.54, 1.807) is 24.3 Å². The average Bonchev–Trinajstić information content (AvgIpc) is 3.32. The van der Waals surface area contributed by atoms with E-state index >= 15 is 0 Å². The Bertz CT molecular complexity index is 1080. The number of fused-ring (bicyclic) bond motifs is 1. The molecule has 2 aromatic carbocycles. The fraction of sp³-hybridized carbons (Fsp3) is 0.333. The van der Waals surface area contributed by atoms with Crippen LogP contribution in [0.15, 0.2) is 36.4 Å². The Balaban J connectivity index is 1.64. The van der Waals surface area contributed by atoms with E-state index in [-0.39, 0.29) is 23.0 Å². The highest BCUT2D eigenvalue weighted by Gasteiger charge is 2.60. The molecule has 0 aliphatic carbocycles. The zero-order valence-corrected chi connectivity index (χ0v) is 18.9. The van der Waals surface area contributed by atoms with Gasteiger partial charge >= 0.3 is 23.9 Å². The SMILES string of the molecule is COc1cc([C@@H]2OC(=O)[C@H]3[C@@H]2C(=O)O[C@H]3c2ccc(OC(C)=O)c(OC)c2)ccc1OC(C)=O. The second-order valence-corrected chi connectivity index (χ2v) is 7.77. The predicted octanol–water partition coefficient (Wildman–Crippen LogP) is 2.68. The maximum atomic E-state index is 12.8. The highest BCUT2D eigenvalue weighted by atomic mass is 16.6. The van der Waals surface area contributed by atoms with Crippen LogP contribution in [0.2, 0.25) is 0 Å². The van der Waals surface area contributed by atoms with Crippen molar-refractivity contribution in [1.82, 2.24) is 0 Å². The van der Waals surface area contributed by atoms with Crippen molar-refractivity contribution in [2.45, 2.75) is 26.1 Å². The van der Waals surface area contributed by atoms with Gasteiger partial charge in [-0.15, -0.1) is 0 Å². The van der Waals surface area contributed by atoms with Crippen LogP contribution in [0.5, 0.6) is 23.0 Å². The van der Waals surface area contributed by atoms with Gasteiger partial charge in [-0.2, -0.15) is 0 Å². The Kier molecular flexibility index (Phi) is 6.14. The summed E-state index contributed by atoms with van der Waals surface area (Å²) in [6, 6.07) is 9.31. The second kappa shape index (κ2) is 9.05. The Morgan fingerprint density at radius 1 is 0.676 bits per heavy atom. The molecular formula is C24H22O10. The first-order valence-corrected chi connectivity index (χ1v) is 10.4. The summed E-state index contributed by atoms with van der Waals surface area (Å²) in [6.07, 6.45) is -1.81. The number of cyclic esters (lactones) is 2. The molecule has 0 amide bonds. The van der Waals surface area contributed by atoms with Gasteiger partial charge in [0.25, 0.3) is 0 Å². The molecule has 2 heterocycles. The van der Waals surface area contributed by atoms with Gasteiger partial charge in [-0.25, -0.2) is 0 Å². The van der Waals surface area contributed by atoms with Crippen LogP contribution in [0.25, 0.3) is 0 Å². The van der Waals surface area contributed by atoms with Crippen LogP contribution in [0.1, 0.15) is 37.2 Å². The van der Waals surface area contributed by atoms with E-state index in [0.717, 1.165) is 0 Å². The first kappa shape index (κ1) is 23.1. The zero-order chi connectivity index (χ0) is 24.6. The molecular weight excluding hydrogens is 448 g/mol. The molecule has 0 radical (unpaired) electrons. The largest absolute Gasteiger partial charge is 0.493 e. The topological polar surface area (TPSA) is 124 Å². The molecule has 0 saturated carbocycles. The lowest BCUT2D eigenvalue weighted by Gasteiger charge is -2.17. The van der Waals surface area contributed by atoms with Gasteiger partial charge in [0.2, 0.25) is 0 Å². The number of esters is 4. The van der Waals surface area contributed by atoms with Gasteiger partial charge < -0.3 is 28.4 Å². The molecule has 178 valence electrons. The molecule has 2 aromatic rings. The van der Waals surface area contributed by atoms with Crippen LogP contribution in [0.4, 0.5) is 0 Å². The van der Waals surface area contributed by atoms with E-state index in [4.69, 9.17) is 28.4 Å². The molecule has 2 fully saturated rings. The molecule has 10 heteroatoms. The fourth-order valence-electron chi connectivity index (χ4n) is 4.22. The maximum absolute atomic E-state index is 12.8. The number of hydrogen-bond acceptors (Lipinski definition) is 10. The standard InChI is InChI=1S/C24H22O10/c1-11(25)31-15-7-5-13(9-17(15)29-3)21-19-20(24(28)33-21)22(34-23(19)27)14-6-8-16(32-12(2)26)18(10-14)30-4/h5-10,19-22H,1-4H3/t19-,20-,21-,22-/m0/s1. The molecule has 2 saturated heterocycles. The summed E-state index contributed by atoms with van der Waals surface area (Å²) >= 11 is 0. The van der Waals surface area contributed by atoms with E-state index in [0.29, 0.717) is 11.1 Å². The van der Waals surface area contributed by atoms with E-state index in [2.05, 4.69) is 0 Å². The third-order valence-electron chi connectivity index (χ3n) is 5.61. The quantitative estimate of drug-likeness (QED) is 0.460. The van der Waals surface area contributed by atoms with Crippen LogP contribution in [-0.4, -0.2) is 38.1 Å². The highest BCUT2D eigenvalue weighted by molar-refractivity contribution is 5.90. The summed E-state index contributed by atoms with van der Waals surface area (Å²) in [5.74, 6) is -3.08. The molecule has 10 nitrogen and oxygen atoms in total. The van der Waals surface area contributed by atoms with Crippen molar-refractivity contribution in [2.75, 3.05) is 14.2 Å². The lowest BCUT2D eigenvalue weighted by molar-refractivity contribution is -0.155. The third-order valence-corrected chi connectivity index (χ3v) is 5.61. The van der Waals surface area contributed by atoms with Crippen LogP contribution in [0.3, 0.4) is 0 Å². The number of rotatable bonds is 6. The first-order chi connectivity index (χ1) is 16.2. The van der Waals surface area contributed by atoms with Gasteiger partial charge in [0.1, 0.15) is 24.0 Å². The predicted molar refractivity (Wildman–Crippen MR) is 113 cm³/mol. The molecule has 4 atom stereocenters. The highest BCUT2D eigenvalue weighted by Crippen LogP contribution is 2.52. The molecule has 2 aliphatic rings. The minimum atomic E-state index is -0.905. The second-order valence-electron chi connectivity index (χ2n) is 7.77. The number of hydrogen-bond donors (Lipinski definition) is 0. The van der Waals surface area contributed by atoms with Crippen molar-refractivity contribution in [3.05, 3.63) is 47.5 Å². The van der Waals surface area contributed by atoms with Gasteiger partial charge in [0.05, 0.1) is 14.2 Å². The van der Waals surface area contributed by atoms with E-state index in [9.17, 15) is 19.2 Å². The molecule has 34 heavy (non-hydrogen) atoms. The summed E-state index contributed by atoms with van der Waals surface area (Å²) in [4.78, 5) is 48.3. The Morgan fingerprint density at radius 3 is 1.38 bits per heavy atom. The number of methoxy groups -OCH3 is 2. The van der Waals surface area contributed by atoms with Crippen LogP contribution >= 0.6 is 0 Å². The number of carbonyl (C=O) groups excluding carboxylic acids is 4. The number of carbonyl (C=O) groups is 4. The lowest BCUT2D eigenvalue weighted by atomic mass is 9.84. The fourth-order valence-corrected chi connectivity index (χ4v) is 4.22. The molecule has 2 aliphatic heterocycles. The van der Waals surface area contributed by atoms with Crippen LogP contribution in [0, 0.1) is 11.8 Å². The molecule has 4 rings (SSSR count). The molecule has 0 unspecified atom stereocenters. The summed E-state index contributed by atoms with van der Waals surface area (Å²) in [7, 11) is 2.81. The normalized spacial score (nSPS) is 22.9. The number of benzene rings is 2. The lowest BCUT2D eigenvalue weighted by Crippen LogP contribution is -2.19. The smallest absolute Gasteiger partial charge is 0.314 e. The van der Waals surface area contributed by atoms with Crippen molar-refractivity contribution < 1.29 is 47.6 Å². The minimum Gasteiger partial charge on any atom is -0.493 e. The van der Waals surface area contributed by atoms with Crippen molar-refractivity contribution in [2.24, 2.45) is 11.8 Å². The summed E-state index contributed by atoms with van der Waals surface area (Å²) in [5.41, 5.74) is 0.989. The van der Waals surface area contributed by atoms with Crippen molar-refractivity contribution in [3.63, 3.8) is 0 Å². The third kappa shape index (κ3) is 4.14. The Hall–Kier alpha value is -4.08. The Morgan fingerprint density at radius 2 is 1.06 bits per heavy atom. The maximum Gasteiger partial charge on any atom is 0.314 e. The van der Waals surface area contributed by atoms with Crippen molar-refractivity contribution in [3.8, 4) is 23.0 Å². The van der Waals surface area contributed by atoms with E-state index < -0.39 is 47.9 Å². The summed E-state index contributed by atoms with van der Waals surface area (Å²) < 4.78 is 32.0. The zero-order valence-electron chi connectivity index (χ0n) is 18.9. The van der Waals surface area contributed by atoms with E-state index in [1.807, 2.05) is 0 Å². The Labute approximate surface area is 194 Å². The van der Waals surface area contributed by atoms with Crippen LogP contribution < -0.4 is 18.9 Å². The van der Waals surface area contributed by atoms with Crippen molar-refractivity contribution >= 4 is 23.9 Å². The molecule has 0 spiro atoms. The van der Waals surface area contributed by atoms with Gasteiger partial charge in [-0.3, -0.25) is 19.2 Å². The molecule has 0 bridgehead atoms. The van der Waals surface area contributed by atoms with Gasteiger partial charge in [0, 0.05) is 13.8 Å². The summed E-state index contributed by atoms with van der Waals surface area (Å²) in [6.45, 7) is 2.53. The van der Waals surface area contributed by atoms with Crippen molar-refractivity contribution in [1.29, 1.82) is 0 Å². The van der Waals surface area contributed by atoms with Gasteiger partial charge in [-0.05, 0) is 35.4 Å². The monoisotopic (exact) mass is 470 g/mol. The van der Waals surface area contributed by atoms with Crippen LogP contribution in [-0.2, 0) is 28.7 Å². The average molecular weight is 470 g/mol. The van der Waals surface area contributed by atoms with E-state index in [1.165, 1.54) is 40.2 Å². The molecule has 0 N–H and O–H groups in total. The number of ether oxygens (including phenoxy) is 6. The van der Waals surface area contributed by atoms with Gasteiger partial charge in [0.15, 0.2) is 23.0 Å². The molecule has 0 aromatic heterocycles. The van der Waals surface area contributed by atoms with Gasteiger partial charge in [-0.1, -0.05) is 12.1 Å².